The number of para-hydroxylation sites is 2. The molecule has 158 valence electrons. The van der Waals surface area contributed by atoms with Crippen LogP contribution in [-0.2, 0) is 0 Å². The van der Waals surface area contributed by atoms with Crippen molar-refractivity contribution in [2.75, 3.05) is 4.90 Å². The Labute approximate surface area is 204 Å². The molecule has 0 aromatic heterocycles. The van der Waals surface area contributed by atoms with Gasteiger partial charge in [0.05, 0.1) is 0 Å². The summed E-state index contributed by atoms with van der Waals surface area (Å²) in [6.45, 7) is 0. The average Bonchev–Trinajstić information content (AvgIpc) is 2.89. The maximum atomic E-state index is 3.77. The molecule has 0 bridgehead atoms. The Morgan fingerprint density at radius 3 is 1.64 bits per heavy atom. The van der Waals surface area contributed by atoms with E-state index in [9.17, 15) is 0 Å². The molecule has 0 amide bonds. The van der Waals surface area contributed by atoms with E-state index in [0.29, 0.717) is 0 Å². The molecule has 1 aliphatic rings. The van der Waals surface area contributed by atoms with Gasteiger partial charge in [-0.2, -0.15) is 0 Å². The molecule has 6 rings (SSSR count). The van der Waals surface area contributed by atoms with Gasteiger partial charge in [-0.05, 0) is 51.1 Å². The van der Waals surface area contributed by atoms with Crippen LogP contribution in [0.4, 0.5) is 17.1 Å². The van der Waals surface area contributed by atoms with Crippen molar-refractivity contribution in [3.05, 3.63) is 138 Å². The number of nitrogens with zero attached hydrogens (tertiary/aromatic N) is 1. The van der Waals surface area contributed by atoms with Crippen LogP contribution in [0, 0.1) is 0 Å². The summed E-state index contributed by atoms with van der Waals surface area (Å²) < 4.78 is 1.09. The normalized spacial score (nSPS) is 13.8. The molecule has 0 aliphatic carbocycles. The smallest absolute Gasteiger partial charge is 0.184 e. The third-order valence-electron chi connectivity index (χ3n) is 6.58. The van der Waals surface area contributed by atoms with Crippen molar-refractivity contribution in [1.82, 2.24) is 0 Å². The second-order valence-corrected chi connectivity index (χ2v) is 13.0. The monoisotopic (exact) mass is 503 g/mol. The van der Waals surface area contributed by atoms with Gasteiger partial charge in [-0.15, -0.1) is 0 Å². The number of hydrogen-bond donors (Lipinski definition) is 0. The van der Waals surface area contributed by atoms with Crippen molar-refractivity contribution in [3.63, 3.8) is 0 Å². The minimum absolute atomic E-state index is 1.09. The Kier molecular flexibility index (Phi) is 5.01. The molecule has 0 atom stereocenters. The highest BCUT2D eigenvalue weighted by molar-refractivity contribution is 9.10. The minimum atomic E-state index is -2.54. The van der Waals surface area contributed by atoms with Gasteiger partial charge in [-0.1, -0.05) is 119 Å². The molecule has 0 spiro atoms. The summed E-state index contributed by atoms with van der Waals surface area (Å²) in [5, 5.41) is 5.63. The highest BCUT2D eigenvalue weighted by Gasteiger charge is 2.48. The first kappa shape index (κ1) is 20.2. The molecular weight excluding hydrogens is 482 g/mol. The summed E-state index contributed by atoms with van der Waals surface area (Å²) in [6, 6.07) is 48.7. The number of benzene rings is 5. The Morgan fingerprint density at radius 1 is 0.485 bits per heavy atom. The van der Waals surface area contributed by atoms with E-state index in [2.05, 4.69) is 154 Å². The van der Waals surface area contributed by atoms with Crippen LogP contribution < -0.4 is 25.6 Å². The van der Waals surface area contributed by atoms with Gasteiger partial charge in [0.15, 0.2) is 8.07 Å². The van der Waals surface area contributed by atoms with Crippen molar-refractivity contribution in [2.24, 2.45) is 0 Å². The van der Waals surface area contributed by atoms with Crippen LogP contribution in [-0.4, -0.2) is 8.07 Å². The van der Waals surface area contributed by atoms with Gasteiger partial charge < -0.3 is 4.90 Å². The zero-order valence-corrected chi connectivity index (χ0v) is 20.6. The lowest BCUT2D eigenvalue weighted by Crippen LogP contribution is -2.77. The summed E-state index contributed by atoms with van der Waals surface area (Å²) >= 11 is 3.77. The van der Waals surface area contributed by atoms with E-state index in [1.807, 2.05) is 0 Å². The number of fused-ring (bicyclic) bond motifs is 2. The van der Waals surface area contributed by atoms with Crippen molar-refractivity contribution in [1.29, 1.82) is 0 Å². The highest BCUT2D eigenvalue weighted by atomic mass is 79.9. The van der Waals surface area contributed by atoms with E-state index in [1.165, 1.54) is 37.8 Å². The summed E-state index contributed by atoms with van der Waals surface area (Å²) in [5.74, 6) is 0. The van der Waals surface area contributed by atoms with Crippen LogP contribution in [0.3, 0.4) is 0 Å². The fourth-order valence-corrected chi connectivity index (χ4v) is 10.7. The van der Waals surface area contributed by atoms with Crippen molar-refractivity contribution < 1.29 is 0 Å². The fraction of sp³-hybridized carbons (Fsp3) is 0. The third-order valence-corrected chi connectivity index (χ3v) is 11.9. The fourth-order valence-electron chi connectivity index (χ4n) is 5.29. The summed E-state index contributed by atoms with van der Waals surface area (Å²) in [7, 11) is -2.54. The number of hydrogen-bond acceptors (Lipinski definition) is 1. The van der Waals surface area contributed by atoms with Crippen LogP contribution >= 0.6 is 15.9 Å². The molecule has 33 heavy (non-hydrogen) atoms. The van der Waals surface area contributed by atoms with Gasteiger partial charge in [-0.3, -0.25) is 0 Å². The maximum Gasteiger partial charge on any atom is 0.184 e. The van der Waals surface area contributed by atoms with Crippen LogP contribution in [0.25, 0.3) is 0 Å². The second-order valence-electron chi connectivity index (χ2n) is 8.33. The van der Waals surface area contributed by atoms with Gasteiger partial charge in [0.25, 0.3) is 0 Å². The first-order valence-corrected chi connectivity index (χ1v) is 14.0. The Hall–Kier alpha value is -3.40. The standard InChI is InChI=1S/C30H22BrNSi/c31-23-20-21-30-28(22-23)32(24-12-4-1-5-13-24)27-18-10-11-19-29(27)33(30,25-14-6-2-7-15-25)26-16-8-3-9-17-26/h1-22H. The lowest BCUT2D eigenvalue weighted by atomic mass is 10.2. The Bertz CT molecular complexity index is 1380. The third kappa shape index (κ3) is 3.11. The zero-order chi connectivity index (χ0) is 22.3. The van der Waals surface area contributed by atoms with E-state index in [0.717, 1.165) is 4.47 Å². The summed E-state index contributed by atoms with van der Waals surface area (Å²) in [6.07, 6.45) is 0. The summed E-state index contributed by atoms with van der Waals surface area (Å²) in [5.41, 5.74) is 3.68. The molecule has 0 radical (unpaired) electrons. The number of rotatable bonds is 3. The average molecular weight is 505 g/mol. The zero-order valence-electron chi connectivity index (χ0n) is 18.0. The van der Waals surface area contributed by atoms with E-state index >= 15 is 0 Å². The first-order chi connectivity index (χ1) is 16.3. The van der Waals surface area contributed by atoms with Gasteiger partial charge in [0.2, 0.25) is 0 Å². The quantitative estimate of drug-likeness (QED) is 0.283. The first-order valence-electron chi connectivity index (χ1n) is 11.2. The minimum Gasteiger partial charge on any atom is -0.311 e. The Morgan fingerprint density at radius 2 is 1.00 bits per heavy atom. The van der Waals surface area contributed by atoms with Gasteiger partial charge in [-0.25, -0.2) is 0 Å². The molecule has 5 aromatic rings. The van der Waals surface area contributed by atoms with Crippen molar-refractivity contribution in [2.45, 2.75) is 0 Å². The van der Waals surface area contributed by atoms with E-state index in [4.69, 9.17) is 0 Å². The van der Waals surface area contributed by atoms with Crippen LogP contribution in [0.5, 0.6) is 0 Å². The summed E-state index contributed by atoms with van der Waals surface area (Å²) in [4.78, 5) is 2.42. The van der Waals surface area contributed by atoms with Crippen molar-refractivity contribution in [3.8, 4) is 0 Å². The van der Waals surface area contributed by atoms with E-state index in [-0.39, 0.29) is 0 Å². The van der Waals surface area contributed by atoms with Gasteiger partial charge >= 0.3 is 0 Å². The molecule has 5 aromatic carbocycles. The molecule has 0 fully saturated rings. The van der Waals surface area contributed by atoms with E-state index in [1.54, 1.807) is 0 Å². The Balaban J connectivity index is 1.79. The topological polar surface area (TPSA) is 3.24 Å². The highest BCUT2D eigenvalue weighted by Crippen LogP contribution is 2.39. The molecule has 0 unspecified atom stereocenters. The predicted molar refractivity (Wildman–Crippen MR) is 146 cm³/mol. The lowest BCUT2D eigenvalue weighted by Gasteiger charge is -2.45. The molecule has 0 saturated carbocycles. The number of anilines is 3. The predicted octanol–water partition coefficient (Wildman–Crippen LogP) is 5.61. The molecule has 1 nitrogen and oxygen atoms in total. The van der Waals surface area contributed by atoms with Crippen molar-refractivity contribution >= 4 is 61.8 Å². The molecule has 0 saturated heterocycles. The van der Waals surface area contributed by atoms with Gasteiger partial charge in [0, 0.05) is 21.5 Å². The number of halogens is 1. The van der Waals surface area contributed by atoms with E-state index < -0.39 is 8.07 Å². The molecule has 1 heterocycles. The SMILES string of the molecule is Brc1ccc2c(c1)N(c1ccccc1)c1ccccc1[Si]2(c1ccccc1)c1ccccc1. The molecule has 1 aliphatic heterocycles. The van der Waals surface area contributed by atoms with Crippen LogP contribution in [0.1, 0.15) is 0 Å². The van der Waals surface area contributed by atoms with Crippen LogP contribution in [0.15, 0.2) is 138 Å². The molecule has 0 N–H and O–H groups in total. The molecular formula is C30H22BrNSi. The second kappa shape index (κ2) is 8.18. The largest absolute Gasteiger partial charge is 0.311 e. The van der Waals surface area contributed by atoms with Crippen LogP contribution in [0.2, 0.25) is 0 Å². The maximum absolute atomic E-state index is 3.77. The lowest BCUT2D eigenvalue weighted by molar-refractivity contribution is 1.29. The molecule has 3 heteroatoms. The van der Waals surface area contributed by atoms with Gasteiger partial charge in [0.1, 0.15) is 0 Å².